The molecule has 0 amide bonds. The van der Waals surface area contributed by atoms with Gasteiger partial charge in [0.2, 0.25) is 0 Å². The van der Waals surface area contributed by atoms with E-state index >= 15 is 0 Å². The maximum absolute atomic E-state index is 13.3. The molecule has 1 aromatic heterocycles. The average Bonchev–Trinajstić information content (AvgIpc) is 2.66. The molecule has 0 radical (unpaired) electrons. The Hall–Kier alpha value is -3.27. The molecular weight excluding hydrogens is 339 g/mol. The maximum atomic E-state index is 13.3. The number of hydrogen-bond donors (Lipinski definition) is 0. The second-order valence-corrected chi connectivity index (χ2v) is 6.74. The van der Waals surface area contributed by atoms with Gasteiger partial charge in [-0.05, 0) is 54.8 Å². The largest absolute Gasteiger partial charge is 0.288 e. The monoisotopic (exact) mass is 358 g/mol. The fourth-order valence-corrected chi connectivity index (χ4v) is 3.45. The summed E-state index contributed by atoms with van der Waals surface area (Å²) >= 11 is 0. The number of aromatic nitrogens is 2. The molecule has 0 aliphatic heterocycles. The quantitative estimate of drug-likeness (QED) is 0.524. The van der Waals surface area contributed by atoms with Crippen LogP contribution < -0.4 is 5.56 Å². The number of aryl methyl sites for hydroxylation is 2. The summed E-state index contributed by atoms with van der Waals surface area (Å²) < 4.78 is 15.0. The summed E-state index contributed by atoms with van der Waals surface area (Å²) in [5, 5.41) is 0.578. The van der Waals surface area contributed by atoms with Crippen molar-refractivity contribution in [1.82, 2.24) is 9.55 Å². The molecule has 3 aromatic carbocycles. The van der Waals surface area contributed by atoms with E-state index in [-0.39, 0.29) is 11.4 Å². The first-order valence-electron chi connectivity index (χ1n) is 8.85. The molecule has 1 heterocycles. The summed E-state index contributed by atoms with van der Waals surface area (Å²) in [7, 11) is 0. The number of rotatable bonds is 3. The average molecular weight is 358 g/mol. The normalized spacial score (nSPS) is 11.1. The van der Waals surface area contributed by atoms with Gasteiger partial charge in [-0.25, -0.2) is 9.37 Å². The van der Waals surface area contributed by atoms with Crippen LogP contribution in [0.5, 0.6) is 0 Å². The second-order valence-electron chi connectivity index (χ2n) is 6.74. The van der Waals surface area contributed by atoms with Gasteiger partial charge in [0.25, 0.3) is 5.56 Å². The van der Waals surface area contributed by atoms with Gasteiger partial charge in [0.15, 0.2) is 0 Å². The molecule has 0 unspecified atom stereocenters. The zero-order chi connectivity index (χ0) is 19.0. The molecular formula is C23H19FN2O. The van der Waals surface area contributed by atoms with E-state index in [9.17, 15) is 9.18 Å². The molecule has 4 heteroatoms. The van der Waals surface area contributed by atoms with E-state index in [0.717, 1.165) is 22.3 Å². The van der Waals surface area contributed by atoms with Crippen molar-refractivity contribution in [3.05, 3.63) is 99.6 Å². The smallest absolute Gasteiger partial charge is 0.261 e. The Bertz CT molecular complexity index is 1170. The Morgan fingerprint density at radius 2 is 1.56 bits per heavy atom. The molecule has 134 valence electrons. The van der Waals surface area contributed by atoms with Crippen LogP contribution in [0, 0.1) is 19.7 Å². The van der Waals surface area contributed by atoms with Crippen molar-refractivity contribution in [2.75, 3.05) is 0 Å². The van der Waals surface area contributed by atoms with Crippen LogP contribution in [0.1, 0.15) is 16.7 Å². The van der Waals surface area contributed by atoms with Gasteiger partial charge in [-0.15, -0.1) is 0 Å². The molecule has 27 heavy (non-hydrogen) atoms. The number of halogens is 1. The highest BCUT2D eigenvalue weighted by Gasteiger charge is 2.16. The molecule has 3 nitrogen and oxygen atoms in total. The zero-order valence-electron chi connectivity index (χ0n) is 15.2. The Kier molecular flexibility index (Phi) is 4.32. The zero-order valence-corrected chi connectivity index (χ0v) is 15.2. The topological polar surface area (TPSA) is 34.9 Å². The maximum Gasteiger partial charge on any atom is 0.261 e. The van der Waals surface area contributed by atoms with Gasteiger partial charge in [-0.2, -0.15) is 0 Å². The standard InChI is InChI=1S/C23H19FN2O/c1-15-6-5-7-16(2)21(15)22-25-20-9-4-3-8-19(20)23(27)26(22)14-17-10-12-18(24)13-11-17/h3-13H,14H2,1-2H3. The molecule has 0 N–H and O–H groups in total. The Labute approximate surface area is 156 Å². The highest BCUT2D eigenvalue weighted by molar-refractivity contribution is 5.80. The van der Waals surface area contributed by atoms with Crippen molar-refractivity contribution in [3.63, 3.8) is 0 Å². The van der Waals surface area contributed by atoms with Crippen molar-refractivity contribution in [1.29, 1.82) is 0 Å². The Morgan fingerprint density at radius 1 is 0.889 bits per heavy atom. The molecule has 4 rings (SSSR count). The molecule has 4 aromatic rings. The lowest BCUT2D eigenvalue weighted by Gasteiger charge is -2.17. The Morgan fingerprint density at radius 3 is 2.26 bits per heavy atom. The van der Waals surface area contributed by atoms with Crippen LogP contribution in [0.4, 0.5) is 4.39 Å². The third-order valence-corrected chi connectivity index (χ3v) is 4.82. The molecule has 0 aliphatic rings. The van der Waals surface area contributed by atoms with Crippen LogP contribution in [0.15, 0.2) is 71.5 Å². The highest BCUT2D eigenvalue weighted by atomic mass is 19.1. The first-order chi connectivity index (χ1) is 13.0. The summed E-state index contributed by atoms with van der Waals surface area (Å²) in [5.41, 5.74) is 4.51. The van der Waals surface area contributed by atoms with Gasteiger partial charge in [0, 0.05) is 5.56 Å². The van der Waals surface area contributed by atoms with Crippen LogP contribution in [-0.4, -0.2) is 9.55 Å². The van der Waals surface area contributed by atoms with Crippen molar-refractivity contribution in [3.8, 4) is 11.4 Å². The van der Waals surface area contributed by atoms with E-state index in [4.69, 9.17) is 4.98 Å². The molecule has 0 fully saturated rings. The van der Waals surface area contributed by atoms with Gasteiger partial charge in [0.1, 0.15) is 11.6 Å². The van der Waals surface area contributed by atoms with E-state index in [2.05, 4.69) is 0 Å². The van der Waals surface area contributed by atoms with Crippen LogP contribution in [-0.2, 0) is 6.54 Å². The lowest BCUT2D eigenvalue weighted by molar-refractivity contribution is 0.626. The minimum Gasteiger partial charge on any atom is -0.288 e. The summed E-state index contributed by atoms with van der Waals surface area (Å²) in [5.74, 6) is 0.344. The summed E-state index contributed by atoms with van der Waals surface area (Å²) in [6, 6.07) is 19.6. The van der Waals surface area contributed by atoms with Gasteiger partial charge >= 0.3 is 0 Å². The molecule has 0 spiro atoms. The van der Waals surface area contributed by atoms with E-state index in [1.165, 1.54) is 12.1 Å². The summed E-state index contributed by atoms with van der Waals surface area (Å²) in [4.78, 5) is 18.1. The molecule has 0 saturated heterocycles. The van der Waals surface area contributed by atoms with Gasteiger partial charge in [-0.3, -0.25) is 9.36 Å². The van der Waals surface area contributed by atoms with Gasteiger partial charge in [0.05, 0.1) is 17.4 Å². The predicted octanol–water partition coefficient (Wildman–Crippen LogP) is 4.87. The number of nitrogens with zero attached hydrogens (tertiary/aromatic N) is 2. The molecule has 0 atom stereocenters. The van der Waals surface area contributed by atoms with E-state index in [0.29, 0.717) is 23.3 Å². The summed E-state index contributed by atoms with van der Waals surface area (Å²) in [6.45, 7) is 4.37. The predicted molar refractivity (Wildman–Crippen MR) is 106 cm³/mol. The third-order valence-electron chi connectivity index (χ3n) is 4.82. The number of fused-ring (bicyclic) bond motifs is 1. The SMILES string of the molecule is Cc1cccc(C)c1-c1nc2ccccc2c(=O)n1Cc1ccc(F)cc1. The van der Waals surface area contributed by atoms with Crippen molar-refractivity contribution in [2.45, 2.75) is 20.4 Å². The molecule has 0 bridgehead atoms. The first-order valence-corrected chi connectivity index (χ1v) is 8.85. The summed E-state index contributed by atoms with van der Waals surface area (Å²) in [6.07, 6.45) is 0. The molecule has 0 aliphatic carbocycles. The van der Waals surface area contributed by atoms with E-state index in [1.54, 1.807) is 22.8 Å². The van der Waals surface area contributed by atoms with Gasteiger partial charge < -0.3 is 0 Å². The lowest BCUT2D eigenvalue weighted by Crippen LogP contribution is -2.24. The van der Waals surface area contributed by atoms with E-state index in [1.807, 2.05) is 50.2 Å². The highest BCUT2D eigenvalue weighted by Crippen LogP contribution is 2.26. The van der Waals surface area contributed by atoms with E-state index < -0.39 is 0 Å². The third kappa shape index (κ3) is 3.14. The van der Waals surface area contributed by atoms with Crippen molar-refractivity contribution < 1.29 is 4.39 Å². The second kappa shape index (κ2) is 6.80. The van der Waals surface area contributed by atoms with Crippen molar-refractivity contribution in [2.24, 2.45) is 0 Å². The number of benzene rings is 3. The fraction of sp³-hybridized carbons (Fsp3) is 0.130. The number of para-hydroxylation sites is 1. The minimum absolute atomic E-state index is 0.0948. The van der Waals surface area contributed by atoms with Crippen LogP contribution in [0.25, 0.3) is 22.3 Å². The molecule has 0 saturated carbocycles. The first kappa shape index (κ1) is 17.2. The van der Waals surface area contributed by atoms with Crippen LogP contribution in [0.3, 0.4) is 0 Å². The van der Waals surface area contributed by atoms with Crippen molar-refractivity contribution >= 4 is 10.9 Å². The van der Waals surface area contributed by atoms with Gasteiger partial charge in [-0.1, -0.05) is 42.5 Å². The Balaban J connectivity index is 2.01. The van der Waals surface area contributed by atoms with Crippen LogP contribution in [0.2, 0.25) is 0 Å². The minimum atomic E-state index is -0.294. The van der Waals surface area contributed by atoms with Crippen LogP contribution >= 0.6 is 0 Å². The number of hydrogen-bond acceptors (Lipinski definition) is 2. The lowest BCUT2D eigenvalue weighted by atomic mass is 10.0. The fourth-order valence-electron chi connectivity index (χ4n) is 3.45.